The van der Waals surface area contributed by atoms with E-state index >= 15 is 0 Å². The Morgan fingerprint density at radius 2 is 0.976 bits per heavy atom. The Morgan fingerprint density at radius 1 is 0.573 bits per heavy atom. The van der Waals surface area contributed by atoms with E-state index in [0.29, 0.717) is 91.2 Å². The second-order valence-electron chi connectivity index (χ2n) is 19.9. The zero-order chi connectivity index (χ0) is 58.5. The number of thiocarbonyl (C=S) groups is 3. The number of guanidine groups is 1. The van der Waals surface area contributed by atoms with Gasteiger partial charge in [0.2, 0.25) is 0 Å². The molecule has 6 atom stereocenters. The van der Waals surface area contributed by atoms with Gasteiger partial charge in [0.05, 0.1) is 12.4 Å². The van der Waals surface area contributed by atoms with E-state index in [1.165, 1.54) is 22.3 Å². The van der Waals surface area contributed by atoms with E-state index in [-0.39, 0.29) is 7.43 Å². The number of hydrogen-bond donors (Lipinski definition) is 8. The predicted molar refractivity (Wildman–Crippen MR) is 359 cm³/mol. The molecule has 17 heteroatoms. The number of ether oxygens (including phenoxy) is 2. The predicted octanol–water partition coefficient (Wildman–Crippen LogP) is 11.6. The summed E-state index contributed by atoms with van der Waals surface area (Å²) in [4.78, 5) is 9.10. The molecule has 0 radical (unpaired) electrons. The number of rotatable bonds is 17. The van der Waals surface area contributed by atoms with Crippen molar-refractivity contribution in [2.75, 3.05) is 59.0 Å². The molecule has 6 aromatic carbocycles. The van der Waals surface area contributed by atoms with Gasteiger partial charge in [-0.1, -0.05) is 152 Å². The monoisotopic (exact) mass is 1210 g/mol. The van der Waals surface area contributed by atoms with Crippen LogP contribution in [0, 0.1) is 23.7 Å². The molecule has 0 bridgehead atoms. The number of nitrogens with zero attached hydrogens (tertiary/aromatic N) is 2. The van der Waals surface area contributed by atoms with Crippen LogP contribution >= 0.6 is 59.9 Å². The fourth-order valence-electron chi connectivity index (χ4n) is 8.80. The molecular weight excluding hydrogens is 1120 g/mol. The fourth-order valence-corrected chi connectivity index (χ4v) is 9.32. The largest absolute Gasteiger partial charge is 0.492 e. The lowest BCUT2D eigenvalue weighted by molar-refractivity contribution is 0.320. The zero-order valence-corrected chi connectivity index (χ0v) is 51.3. The van der Waals surface area contributed by atoms with Crippen LogP contribution in [0.4, 0.5) is 0 Å². The van der Waals surface area contributed by atoms with Gasteiger partial charge in [0.25, 0.3) is 0 Å². The molecule has 6 aromatic rings. The van der Waals surface area contributed by atoms with Gasteiger partial charge in [0.15, 0.2) is 11.1 Å². The van der Waals surface area contributed by atoms with Crippen LogP contribution in [0.25, 0.3) is 0 Å². The minimum atomic E-state index is 0. The average molecular weight is 1210 g/mol. The number of nitrogens with two attached hydrogens (primary N) is 3. The maximum absolute atomic E-state index is 5.86. The molecule has 0 spiro atoms. The smallest absolute Gasteiger partial charge is 0.191 e. The number of amidine groups is 1. The Bertz CT molecular complexity index is 2710. The van der Waals surface area contributed by atoms with Crippen LogP contribution in [0.2, 0.25) is 10.0 Å². The van der Waals surface area contributed by atoms with Gasteiger partial charge in [0, 0.05) is 76.4 Å². The standard InChI is InChI=1S/C20H24ClN3O.C13H18N2.C12H16N2S.C10H16N2.C8H10ClNO.CS2.CH4/c1-15-17(13-16-5-3-2-4-6-16)14-23-20(24-15)22-11-12-25-19-9-7-18(21)8-10-19;1-10-13(9-14-11(2)15-10)8-12-6-4-3-5-7-12;1-9-11(8-13-12(15)14-9)7-10-5-3-2-4-6-10;11-7-10(8-12)6-9-4-2-1-3-5-9;9-7-1-3-8(4-2-7)11-6-5-10;2-1-3;/h2-10,15,17H,11-14H2,1H3,(H2,22,23,24);3-7,10,13H,8-9H2,1-2H3,(H,14,15);2-6,9,11H,7-8H2,1H3,(H2,13,14,15);1-5,10H,6-8,11-12H2;1-4H,5-6,10H2;;1H4. The Morgan fingerprint density at radius 3 is 1.39 bits per heavy atom. The normalized spacial score (nSPS) is 18.3. The highest BCUT2D eigenvalue weighted by Gasteiger charge is 2.24. The summed E-state index contributed by atoms with van der Waals surface area (Å²) >= 11 is 24.5. The van der Waals surface area contributed by atoms with Crippen LogP contribution in [-0.4, -0.2) is 98.4 Å². The van der Waals surface area contributed by atoms with Gasteiger partial charge in [-0.15, -0.1) is 0 Å². The molecule has 0 aromatic heterocycles. The van der Waals surface area contributed by atoms with Crippen molar-refractivity contribution in [3.8, 4) is 11.5 Å². The summed E-state index contributed by atoms with van der Waals surface area (Å²) in [7, 11) is 0. The number of hydrogen-bond acceptors (Lipinski definition) is 13. The Hall–Kier alpha value is -5.97. The van der Waals surface area contributed by atoms with Crippen LogP contribution in [0.5, 0.6) is 11.5 Å². The summed E-state index contributed by atoms with van der Waals surface area (Å²) in [6.07, 6.45) is 4.26. The van der Waals surface area contributed by atoms with E-state index in [9.17, 15) is 0 Å². The molecule has 9 rings (SSSR count). The Labute approximate surface area is 516 Å². The first-order chi connectivity index (χ1) is 39.3. The van der Waals surface area contributed by atoms with E-state index < -0.39 is 0 Å². The van der Waals surface area contributed by atoms with Gasteiger partial charge >= 0.3 is 0 Å². The molecule has 0 amide bonds. The second-order valence-corrected chi connectivity index (χ2v) is 21.9. The zero-order valence-electron chi connectivity index (χ0n) is 47.3. The van der Waals surface area contributed by atoms with Crippen LogP contribution in [0.1, 0.15) is 57.4 Å². The van der Waals surface area contributed by atoms with Crippen molar-refractivity contribution in [3.05, 3.63) is 202 Å². The first-order valence-electron chi connectivity index (χ1n) is 27.7. The molecule has 3 heterocycles. The topological polar surface area (TPSA) is 181 Å². The molecule has 82 heavy (non-hydrogen) atoms. The van der Waals surface area contributed by atoms with Crippen LogP contribution in [0.15, 0.2) is 180 Å². The highest BCUT2D eigenvalue weighted by atomic mass is 35.5. The van der Waals surface area contributed by atoms with Crippen LogP contribution in [-0.2, 0) is 25.7 Å². The van der Waals surface area contributed by atoms with E-state index in [0.717, 1.165) is 73.7 Å². The van der Waals surface area contributed by atoms with Gasteiger partial charge in [-0.25, -0.2) is 0 Å². The van der Waals surface area contributed by atoms with Crippen LogP contribution in [0.3, 0.4) is 0 Å². The highest BCUT2D eigenvalue weighted by molar-refractivity contribution is 7.93. The first-order valence-corrected chi connectivity index (χ1v) is 29.7. The average Bonchev–Trinajstić information content (AvgIpc) is 3.49. The van der Waals surface area contributed by atoms with Gasteiger partial charge in [0.1, 0.15) is 24.7 Å². The van der Waals surface area contributed by atoms with Crippen molar-refractivity contribution < 1.29 is 9.47 Å². The number of benzene rings is 6. The number of nitrogens with one attached hydrogen (secondary N) is 5. The van der Waals surface area contributed by atoms with E-state index in [4.69, 9.17) is 62.1 Å². The lowest BCUT2D eigenvalue weighted by Gasteiger charge is -2.32. The number of aliphatic imine (C=N–C) groups is 2. The van der Waals surface area contributed by atoms with Crippen molar-refractivity contribution in [2.45, 2.75) is 78.9 Å². The summed E-state index contributed by atoms with van der Waals surface area (Å²) in [5.74, 6) is 5.73. The molecule has 0 saturated carbocycles. The third kappa shape index (κ3) is 29.3. The highest BCUT2D eigenvalue weighted by Crippen LogP contribution is 2.20. The summed E-state index contributed by atoms with van der Waals surface area (Å²) in [5, 5.41) is 18.8. The molecular formula is C65H88Cl2N10O2S3. The molecule has 6 unspecified atom stereocenters. The van der Waals surface area contributed by atoms with Gasteiger partial charge in [-0.05, 0) is 180 Å². The van der Waals surface area contributed by atoms with Crippen molar-refractivity contribution in [1.82, 2.24) is 26.6 Å². The van der Waals surface area contributed by atoms with E-state index in [2.05, 4.69) is 185 Å². The lowest BCUT2D eigenvalue weighted by Crippen LogP contribution is -2.54. The van der Waals surface area contributed by atoms with Crippen molar-refractivity contribution >= 4 is 81.1 Å². The van der Waals surface area contributed by atoms with Gasteiger partial charge in [-0.2, -0.15) is 0 Å². The van der Waals surface area contributed by atoms with E-state index in [1.54, 1.807) is 12.1 Å². The third-order valence-electron chi connectivity index (χ3n) is 13.6. The van der Waals surface area contributed by atoms with E-state index in [1.807, 2.05) is 65.8 Å². The van der Waals surface area contributed by atoms with Gasteiger partial charge in [-0.3, -0.25) is 9.98 Å². The molecule has 0 aliphatic carbocycles. The van der Waals surface area contributed by atoms with Gasteiger partial charge < -0.3 is 53.3 Å². The molecule has 442 valence electrons. The van der Waals surface area contributed by atoms with Crippen molar-refractivity contribution in [2.24, 2.45) is 50.9 Å². The quantitative estimate of drug-likeness (QED) is 0.0320. The molecule has 3 aliphatic rings. The summed E-state index contributed by atoms with van der Waals surface area (Å²) in [5.41, 5.74) is 21.8. The molecule has 1 saturated heterocycles. The Kier molecular flexibility index (Phi) is 35.9. The summed E-state index contributed by atoms with van der Waals surface area (Å²) < 4.78 is 12.8. The maximum Gasteiger partial charge on any atom is 0.191 e. The number of halogens is 2. The molecule has 11 N–H and O–H groups in total. The first kappa shape index (κ1) is 70.3. The van der Waals surface area contributed by atoms with Crippen LogP contribution < -0.4 is 53.3 Å². The summed E-state index contributed by atoms with van der Waals surface area (Å²) in [6, 6.07) is 58.1. The minimum absolute atomic E-state index is 0. The fraction of sp³-hybridized carbons (Fsp3) is 0.385. The third-order valence-corrected chi connectivity index (χ3v) is 14.4. The minimum Gasteiger partial charge on any atom is -0.492 e. The second kappa shape index (κ2) is 41.9. The lowest BCUT2D eigenvalue weighted by atomic mass is 9.92. The molecule has 3 aliphatic heterocycles. The maximum atomic E-state index is 5.86. The molecule has 12 nitrogen and oxygen atoms in total. The van der Waals surface area contributed by atoms with Crippen molar-refractivity contribution in [1.29, 1.82) is 0 Å². The van der Waals surface area contributed by atoms with Crippen molar-refractivity contribution in [3.63, 3.8) is 0 Å². The Balaban J connectivity index is 0.000000274. The molecule has 1 fully saturated rings. The SMILES string of the molecule is C.CC1=NCC(Cc2ccccc2)C(C)N1.CC1NC(=S)NCC1Cc1ccccc1.CC1NC(NCCOc2ccc(Cl)cc2)=NCC1Cc1ccccc1.NCC(CN)Cc1ccccc1.NCCOc1ccc(Cl)cc1.S=C=S. The summed E-state index contributed by atoms with van der Waals surface area (Å²) in [6.45, 7) is 15.1.